The average Bonchev–Trinajstić information content (AvgIpc) is 2.41. The summed E-state index contributed by atoms with van der Waals surface area (Å²) in [6, 6.07) is 3.82. The van der Waals surface area contributed by atoms with Gasteiger partial charge in [0, 0.05) is 24.5 Å². The number of nitrogens with zero attached hydrogens (tertiary/aromatic N) is 2. The number of aromatic nitrogens is 2. The molecule has 0 saturated carbocycles. The van der Waals surface area contributed by atoms with Crippen molar-refractivity contribution < 1.29 is 22.6 Å². The molecule has 0 atom stereocenters. The molecular weight excluding hydrogens is 355 g/mol. The van der Waals surface area contributed by atoms with E-state index in [1.165, 1.54) is 24.5 Å². The molecule has 2 aromatic rings. The van der Waals surface area contributed by atoms with Crippen LogP contribution >= 0.6 is 15.9 Å². The van der Waals surface area contributed by atoms with E-state index >= 15 is 0 Å². The van der Waals surface area contributed by atoms with Crippen molar-refractivity contribution >= 4 is 15.9 Å². The van der Waals surface area contributed by atoms with Gasteiger partial charge in [-0.25, -0.2) is 9.97 Å². The van der Waals surface area contributed by atoms with Crippen LogP contribution in [-0.4, -0.2) is 16.3 Å². The minimum absolute atomic E-state index is 0.0589. The zero-order valence-corrected chi connectivity index (χ0v) is 12.0. The molecule has 2 N–H and O–H groups in total. The number of halogens is 4. The van der Waals surface area contributed by atoms with Crippen LogP contribution in [0.1, 0.15) is 5.56 Å². The fourth-order valence-corrected chi connectivity index (χ4v) is 1.80. The molecule has 0 amide bonds. The third-order valence-corrected chi connectivity index (χ3v) is 2.88. The largest absolute Gasteiger partial charge is 0.573 e. The van der Waals surface area contributed by atoms with Crippen LogP contribution < -0.4 is 15.2 Å². The van der Waals surface area contributed by atoms with E-state index in [4.69, 9.17) is 10.5 Å². The predicted octanol–water partition coefficient (Wildman–Crippen LogP) is 3.39. The quantitative estimate of drug-likeness (QED) is 0.901. The van der Waals surface area contributed by atoms with E-state index in [2.05, 4.69) is 30.6 Å². The fourth-order valence-electron chi connectivity index (χ4n) is 1.36. The van der Waals surface area contributed by atoms with E-state index in [1.807, 2.05) is 0 Å². The topological polar surface area (TPSA) is 70.3 Å². The highest BCUT2D eigenvalue weighted by Gasteiger charge is 2.32. The Morgan fingerprint density at radius 2 is 1.86 bits per heavy atom. The molecular formula is C12H9BrF3N3O2. The van der Waals surface area contributed by atoms with Crippen LogP contribution in [0.4, 0.5) is 13.2 Å². The number of nitrogens with two attached hydrogens (primary N) is 1. The number of rotatable bonds is 4. The number of benzene rings is 1. The van der Waals surface area contributed by atoms with E-state index in [0.717, 1.165) is 11.6 Å². The van der Waals surface area contributed by atoms with Crippen molar-refractivity contribution in [3.05, 3.63) is 40.6 Å². The zero-order chi connectivity index (χ0) is 15.5. The highest BCUT2D eigenvalue weighted by Crippen LogP contribution is 2.34. The van der Waals surface area contributed by atoms with E-state index in [-0.39, 0.29) is 22.0 Å². The summed E-state index contributed by atoms with van der Waals surface area (Å²) >= 11 is 2.97. The Morgan fingerprint density at radius 1 is 1.19 bits per heavy atom. The molecule has 0 bridgehead atoms. The summed E-state index contributed by atoms with van der Waals surface area (Å²) in [6.45, 7) is 0.301. The summed E-state index contributed by atoms with van der Waals surface area (Å²) < 4.78 is 45.6. The molecule has 112 valence electrons. The van der Waals surface area contributed by atoms with Crippen molar-refractivity contribution in [2.45, 2.75) is 12.9 Å². The normalized spacial score (nSPS) is 11.3. The van der Waals surface area contributed by atoms with Crippen molar-refractivity contribution in [3.8, 4) is 17.5 Å². The lowest BCUT2D eigenvalue weighted by atomic mass is 10.3. The van der Waals surface area contributed by atoms with Gasteiger partial charge in [0.2, 0.25) is 0 Å². The van der Waals surface area contributed by atoms with Crippen LogP contribution in [-0.2, 0) is 6.54 Å². The van der Waals surface area contributed by atoms with Crippen LogP contribution in [0.5, 0.6) is 17.5 Å². The summed E-state index contributed by atoms with van der Waals surface area (Å²) in [5, 5.41) is 0. The summed E-state index contributed by atoms with van der Waals surface area (Å²) in [4.78, 5) is 7.83. The molecule has 0 unspecified atom stereocenters. The first-order valence-electron chi connectivity index (χ1n) is 5.61. The zero-order valence-electron chi connectivity index (χ0n) is 10.4. The van der Waals surface area contributed by atoms with E-state index < -0.39 is 6.36 Å². The lowest BCUT2D eigenvalue weighted by Gasteiger charge is -2.11. The molecule has 1 aromatic carbocycles. The minimum Gasteiger partial charge on any atom is -0.424 e. The van der Waals surface area contributed by atoms with Crippen LogP contribution in [0.25, 0.3) is 0 Å². The molecule has 5 nitrogen and oxygen atoms in total. The van der Waals surface area contributed by atoms with E-state index in [0.29, 0.717) is 6.54 Å². The molecule has 0 radical (unpaired) electrons. The highest BCUT2D eigenvalue weighted by atomic mass is 79.9. The molecule has 21 heavy (non-hydrogen) atoms. The van der Waals surface area contributed by atoms with Gasteiger partial charge in [-0.1, -0.05) is 0 Å². The highest BCUT2D eigenvalue weighted by molar-refractivity contribution is 9.10. The maximum absolute atomic E-state index is 12.1. The summed E-state index contributed by atoms with van der Waals surface area (Å²) in [6.07, 6.45) is -1.76. The second kappa shape index (κ2) is 6.27. The molecule has 0 aliphatic carbocycles. The third-order valence-electron chi connectivity index (χ3n) is 2.26. The average molecular weight is 364 g/mol. The molecule has 1 heterocycles. The summed E-state index contributed by atoms with van der Waals surface area (Å²) in [5.74, 6) is -0.105. The second-order valence-corrected chi connectivity index (χ2v) is 4.67. The molecule has 0 aliphatic heterocycles. The van der Waals surface area contributed by atoms with E-state index in [9.17, 15) is 13.2 Å². The van der Waals surface area contributed by atoms with Crippen molar-refractivity contribution in [3.63, 3.8) is 0 Å². The van der Waals surface area contributed by atoms with Gasteiger partial charge >= 0.3 is 12.4 Å². The number of ether oxygens (including phenoxy) is 2. The Kier molecular flexibility index (Phi) is 4.63. The van der Waals surface area contributed by atoms with Gasteiger partial charge in [-0.05, 0) is 34.1 Å². The van der Waals surface area contributed by atoms with Gasteiger partial charge in [0.05, 0.1) is 4.47 Å². The number of alkyl halides is 3. The van der Waals surface area contributed by atoms with Gasteiger partial charge < -0.3 is 15.2 Å². The fraction of sp³-hybridized carbons (Fsp3) is 0.167. The molecule has 1 aromatic heterocycles. The smallest absolute Gasteiger partial charge is 0.424 e. The number of hydrogen-bond donors (Lipinski definition) is 1. The maximum Gasteiger partial charge on any atom is 0.573 e. The van der Waals surface area contributed by atoms with Crippen LogP contribution in [0.3, 0.4) is 0 Å². The predicted molar refractivity (Wildman–Crippen MR) is 70.8 cm³/mol. The first-order valence-corrected chi connectivity index (χ1v) is 6.41. The molecule has 0 saturated heterocycles. The third kappa shape index (κ3) is 4.57. The summed E-state index contributed by atoms with van der Waals surface area (Å²) in [5.41, 5.74) is 6.14. The van der Waals surface area contributed by atoms with Crippen molar-refractivity contribution in [1.82, 2.24) is 9.97 Å². The van der Waals surface area contributed by atoms with Crippen molar-refractivity contribution in [2.24, 2.45) is 5.73 Å². The Labute approximate surface area is 126 Å². The molecule has 9 heteroatoms. The lowest BCUT2D eigenvalue weighted by Crippen LogP contribution is -2.17. The Bertz CT molecular complexity index is 620. The molecule has 0 aliphatic rings. The van der Waals surface area contributed by atoms with E-state index in [1.54, 1.807) is 0 Å². The van der Waals surface area contributed by atoms with Gasteiger partial charge in [-0.2, -0.15) is 0 Å². The standard InChI is InChI=1S/C12H9BrF3N3O2/c13-9-3-8(1-2-10(9)21-12(14,15)16)20-11-18-5-7(4-17)6-19-11/h1-3,5-6H,4,17H2. The Morgan fingerprint density at radius 3 is 2.38 bits per heavy atom. The maximum atomic E-state index is 12.1. The SMILES string of the molecule is NCc1cnc(Oc2ccc(OC(F)(F)F)c(Br)c2)nc1. The van der Waals surface area contributed by atoms with Crippen LogP contribution in [0, 0.1) is 0 Å². The van der Waals surface area contributed by atoms with Gasteiger partial charge in [0.25, 0.3) is 0 Å². The van der Waals surface area contributed by atoms with Gasteiger partial charge in [0.15, 0.2) is 0 Å². The first kappa shape index (κ1) is 15.5. The second-order valence-electron chi connectivity index (χ2n) is 3.82. The van der Waals surface area contributed by atoms with Gasteiger partial charge in [-0.3, -0.25) is 0 Å². The van der Waals surface area contributed by atoms with Crippen LogP contribution in [0.2, 0.25) is 0 Å². The lowest BCUT2D eigenvalue weighted by molar-refractivity contribution is -0.274. The number of hydrogen-bond acceptors (Lipinski definition) is 5. The summed E-state index contributed by atoms with van der Waals surface area (Å²) in [7, 11) is 0. The van der Waals surface area contributed by atoms with Crippen LogP contribution in [0.15, 0.2) is 35.1 Å². The Balaban J connectivity index is 2.12. The minimum atomic E-state index is -4.76. The molecule has 2 rings (SSSR count). The Hall–Kier alpha value is -1.87. The molecule has 0 fully saturated rings. The van der Waals surface area contributed by atoms with Gasteiger partial charge in [0.1, 0.15) is 11.5 Å². The van der Waals surface area contributed by atoms with Crippen molar-refractivity contribution in [1.29, 1.82) is 0 Å². The monoisotopic (exact) mass is 363 g/mol. The molecule has 0 spiro atoms. The first-order chi connectivity index (χ1) is 9.87. The van der Waals surface area contributed by atoms with Crippen molar-refractivity contribution in [2.75, 3.05) is 0 Å². The van der Waals surface area contributed by atoms with Gasteiger partial charge in [-0.15, -0.1) is 13.2 Å².